The summed E-state index contributed by atoms with van der Waals surface area (Å²) in [5, 5.41) is 11.5. The van der Waals surface area contributed by atoms with Gasteiger partial charge in [-0.25, -0.2) is 8.42 Å². The van der Waals surface area contributed by atoms with Crippen molar-refractivity contribution in [2.75, 3.05) is 22.5 Å². The molecule has 4 rings (SSSR count). The van der Waals surface area contributed by atoms with Gasteiger partial charge in [0.05, 0.1) is 5.75 Å². The van der Waals surface area contributed by atoms with Crippen LogP contribution in [0.25, 0.3) is 0 Å². The van der Waals surface area contributed by atoms with E-state index in [1.165, 1.54) is 0 Å². The number of aromatic nitrogens is 2. The molecule has 10 heteroatoms. The van der Waals surface area contributed by atoms with Crippen molar-refractivity contribution >= 4 is 43.8 Å². The molecule has 1 aromatic heterocycles. The van der Waals surface area contributed by atoms with Crippen LogP contribution in [0.4, 0.5) is 10.8 Å². The maximum Gasteiger partial charge on any atom is 0.241 e. The van der Waals surface area contributed by atoms with Gasteiger partial charge >= 0.3 is 0 Å². The van der Waals surface area contributed by atoms with Crippen LogP contribution in [-0.4, -0.2) is 42.7 Å². The number of nitrogens with one attached hydrogen (secondary N) is 1. The average molecular weight is 471 g/mol. The molecule has 0 aliphatic carbocycles. The number of hydrogen-bond donors (Lipinski definition) is 1. The van der Waals surface area contributed by atoms with Crippen LogP contribution in [0.3, 0.4) is 0 Å². The second-order valence-corrected chi connectivity index (χ2v) is 10.8. The molecule has 8 nitrogen and oxygen atoms in total. The maximum atomic E-state index is 12.5. The predicted octanol–water partition coefficient (Wildman–Crippen LogP) is 2.92. The van der Waals surface area contributed by atoms with Crippen molar-refractivity contribution in [2.45, 2.75) is 25.0 Å². The molecule has 1 saturated heterocycles. The largest absolute Gasteiger partial charge is 0.312 e. The average Bonchev–Trinajstić information content (AvgIpc) is 3.34. The fourth-order valence-corrected chi connectivity index (χ4v) is 5.73. The zero-order valence-corrected chi connectivity index (χ0v) is 19.0. The lowest BCUT2D eigenvalue weighted by Gasteiger charge is -2.16. The van der Waals surface area contributed by atoms with Gasteiger partial charge in [-0.2, -0.15) is 0 Å². The van der Waals surface area contributed by atoms with E-state index in [4.69, 9.17) is 0 Å². The Kier molecular flexibility index (Phi) is 6.33. The van der Waals surface area contributed by atoms with Crippen LogP contribution >= 0.6 is 11.3 Å². The van der Waals surface area contributed by atoms with Gasteiger partial charge in [0, 0.05) is 24.6 Å². The van der Waals surface area contributed by atoms with Crippen molar-refractivity contribution in [3.05, 3.63) is 70.7 Å². The Morgan fingerprint density at radius 2 is 1.94 bits per heavy atom. The summed E-state index contributed by atoms with van der Waals surface area (Å²) in [6.07, 6.45) is 0.308. The molecule has 1 aliphatic rings. The van der Waals surface area contributed by atoms with Crippen LogP contribution < -0.4 is 10.2 Å². The van der Waals surface area contributed by atoms with Gasteiger partial charge in [0.2, 0.25) is 16.9 Å². The molecule has 1 N–H and O–H groups in total. The number of amides is 2. The SMILES string of the molecule is Cc1cccc(N2CC(c3nnc(NC(=O)CS(=O)(=O)Cc4ccccc4)s3)CC2=O)c1. The molecule has 1 aliphatic heterocycles. The van der Waals surface area contributed by atoms with Crippen LogP contribution in [0.1, 0.15) is 28.5 Å². The third-order valence-corrected chi connectivity index (χ3v) is 7.53. The van der Waals surface area contributed by atoms with Gasteiger partial charge < -0.3 is 4.90 Å². The van der Waals surface area contributed by atoms with Gasteiger partial charge in [-0.15, -0.1) is 10.2 Å². The lowest BCUT2D eigenvalue weighted by Crippen LogP contribution is -2.24. The number of rotatable bonds is 7. The minimum absolute atomic E-state index is 0.00777. The standard InChI is InChI=1S/C22H22N4O4S2/c1-15-6-5-9-18(10-15)26-12-17(11-20(26)28)21-24-25-22(31-21)23-19(27)14-32(29,30)13-16-7-3-2-4-8-16/h2-10,17H,11-14H2,1H3,(H,23,25,27). The smallest absolute Gasteiger partial charge is 0.241 e. The quantitative estimate of drug-likeness (QED) is 0.569. The number of carbonyl (C=O) groups is 2. The van der Waals surface area contributed by atoms with E-state index in [2.05, 4.69) is 15.5 Å². The number of hydrogen-bond acceptors (Lipinski definition) is 7. The molecule has 1 unspecified atom stereocenters. The lowest BCUT2D eigenvalue weighted by molar-refractivity contribution is -0.117. The van der Waals surface area contributed by atoms with Crippen LogP contribution in [0, 0.1) is 6.92 Å². The summed E-state index contributed by atoms with van der Waals surface area (Å²) in [4.78, 5) is 26.5. The highest BCUT2D eigenvalue weighted by Gasteiger charge is 2.34. The van der Waals surface area contributed by atoms with E-state index < -0.39 is 21.5 Å². The fraction of sp³-hybridized carbons (Fsp3) is 0.273. The molecule has 0 radical (unpaired) electrons. The van der Waals surface area contributed by atoms with Crippen LogP contribution in [0.5, 0.6) is 0 Å². The first kappa shape index (κ1) is 22.1. The Labute approximate surface area is 190 Å². The number of nitrogens with zero attached hydrogens (tertiary/aromatic N) is 3. The molecule has 1 fully saturated rings. The van der Waals surface area contributed by atoms with Crippen molar-refractivity contribution in [3.63, 3.8) is 0 Å². The minimum atomic E-state index is -3.62. The molecular weight excluding hydrogens is 448 g/mol. The summed E-state index contributed by atoms with van der Waals surface area (Å²) in [6.45, 7) is 2.46. The lowest BCUT2D eigenvalue weighted by atomic mass is 10.1. The maximum absolute atomic E-state index is 12.5. The van der Waals surface area contributed by atoms with Gasteiger partial charge in [0.25, 0.3) is 0 Å². The van der Waals surface area contributed by atoms with E-state index in [1.807, 2.05) is 31.2 Å². The highest BCUT2D eigenvalue weighted by Crippen LogP contribution is 2.34. The first-order valence-corrected chi connectivity index (χ1v) is 12.7. The number of benzene rings is 2. The van der Waals surface area contributed by atoms with Gasteiger partial charge in [0.1, 0.15) is 10.8 Å². The highest BCUT2D eigenvalue weighted by molar-refractivity contribution is 7.91. The molecule has 0 bridgehead atoms. The minimum Gasteiger partial charge on any atom is -0.312 e. The molecule has 1 atom stereocenters. The van der Waals surface area contributed by atoms with Gasteiger partial charge in [0.15, 0.2) is 9.84 Å². The van der Waals surface area contributed by atoms with Crippen molar-refractivity contribution in [1.82, 2.24) is 10.2 Å². The van der Waals surface area contributed by atoms with Gasteiger partial charge in [-0.05, 0) is 30.2 Å². The first-order chi connectivity index (χ1) is 15.3. The van der Waals surface area contributed by atoms with Gasteiger partial charge in [-0.1, -0.05) is 53.8 Å². The zero-order chi connectivity index (χ0) is 22.7. The van der Waals surface area contributed by atoms with Crippen LogP contribution in [-0.2, 0) is 25.2 Å². The Hall–Kier alpha value is -3.11. The molecule has 166 valence electrons. The normalized spacial score (nSPS) is 16.3. The Morgan fingerprint density at radius 1 is 1.16 bits per heavy atom. The third kappa shape index (κ3) is 5.38. The van der Waals surface area contributed by atoms with Crippen LogP contribution in [0.15, 0.2) is 54.6 Å². The van der Waals surface area contributed by atoms with E-state index in [-0.39, 0.29) is 22.7 Å². The molecule has 2 heterocycles. The third-order valence-electron chi connectivity index (χ3n) is 5.05. The van der Waals surface area contributed by atoms with E-state index >= 15 is 0 Å². The van der Waals surface area contributed by atoms with Crippen molar-refractivity contribution < 1.29 is 18.0 Å². The van der Waals surface area contributed by atoms with Crippen LogP contribution in [0.2, 0.25) is 0 Å². The summed E-state index contributed by atoms with van der Waals surface area (Å²) >= 11 is 1.16. The number of aryl methyl sites for hydroxylation is 1. The monoisotopic (exact) mass is 470 g/mol. The van der Waals surface area contributed by atoms with Crippen molar-refractivity contribution in [1.29, 1.82) is 0 Å². The molecule has 0 saturated carbocycles. The number of anilines is 2. The summed E-state index contributed by atoms with van der Waals surface area (Å²) in [7, 11) is -3.62. The summed E-state index contributed by atoms with van der Waals surface area (Å²) in [6, 6.07) is 16.5. The second-order valence-electron chi connectivity index (χ2n) is 7.76. The number of carbonyl (C=O) groups excluding carboxylic acids is 2. The summed E-state index contributed by atoms with van der Waals surface area (Å²) in [5.41, 5.74) is 2.55. The topological polar surface area (TPSA) is 109 Å². The summed E-state index contributed by atoms with van der Waals surface area (Å²) in [5.74, 6) is -1.63. The van der Waals surface area contributed by atoms with Gasteiger partial charge in [-0.3, -0.25) is 14.9 Å². The Balaban J connectivity index is 1.36. The highest BCUT2D eigenvalue weighted by atomic mass is 32.2. The van der Waals surface area contributed by atoms with Crippen molar-refractivity contribution in [2.24, 2.45) is 0 Å². The molecular formula is C22H22N4O4S2. The fourth-order valence-electron chi connectivity index (χ4n) is 3.60. The second kappa shape index (κ2) is 9.17. The molecule has 2 aromatic carbocycles. The summed E-state index contributed by atoms with van der Waals surface area (Å²) < 4.78 is 24.6. The van der Waals surface area contributed by atoms with E-state index in [9.17, 15) is 18.0 Å². The Morgan fingerprint density at radius 3 is 2.69 bits per heavy atom. The number of sulfone groups is 1. The van der Waals surface area contributed by atoms with E-state index in [0.717, 1.165) is 22.6 Å². The first-order valence-electron chi connectivity index (χ1n) is 10.0. The zero-order valence-electron chi connectivity index (χ0n) is 17.4. The molecule has 3 aromatic rings. The van der Waals surface area contributed by atoms with Crippen molar-refractivity contribution in [3.8, 4) is 0 Å². The Bertz CT molecular complexity index is 1240. The molecule has 0 spiro atoms. The molecule has 2 amide bonds. The predicted molar refractivity (Wildman–Crippen MR) is 123 cm³/mol. The molecule has 32 heavy (non-hydrogen) atoms. The van der Waals surface area contributed by atoms with E-state index in [0.29, 0.717) is 23.5 Å². The van der Waals surface area contributed by atoms with E-state index in [1.54, 1.807) is 35.2 Å².